The summed E-state index contributed by atoms with van der Waals surface area (Å²) in [6, 6.07) is 25.3. The largest absolute Gasteiger partial charge is 4.00 e. The van der Waals surface area contributed by atoms with Crippen molar-refractivity contribution in [1.82, 2.24) is 10.6 Å². The number of para-hydroxylation sites is 2. The Morgan fingerprint density at radius 2 is 0.959 bits per heavy atom. The quantitative estimate of drug-likeness (QED) is 0.0922. The smallest absolute Gasteiger partial charge is 0.345 e. The molecule has 0 aromatic heterocycles. The number of carbonyl (C=O) groups excluding carboxylic acids is 2. The topological polar surface area (TPSA) is 82.3 Å². The average molecular weight is 701 g/mol. The summed E-state index contributed by atoms with van der Waals surface area (Å²) in [5.74, 6) is -3.15. The van der Waals surface area contributed by atoms with E-state index in [0.29, 0.717) is 11.4 Å². The maximum Gasteiger partial charge on any atom is 4.00 e. The first-order valence-electron chi connectivity index (χ1n) is 14.7. The number of nitrogens with one attached hydrogen (secondary N) is 4. The van der Waals surface area contributed by atoms with Crippen LogP contribution in [0.3, 0.4) is 0 Å². The molecule has 0 radical (unpaired) electrons. The first-order chi connectivity index (χ1) is 23.3. The van der Waals surface area contributed by atoms with E-state index in [9.17, 15) is 27.2 Å². The van der Waals surface area contributed by atoms with Crippen LogP contribution < -0.4 is 21.3 Å². The number of hydrogen-bond donors (Lipinski definition) is 4. The van der Waals surface area contributed by atoms with Gasteiger partial charge in [-0.2, -0.15) is 24.3 Å². The number of urea groups is 2. The fourth-order valence-electron chi connectivity index (χ4n) is 3.65. The summed E-state index contributed by atoms with van der Waals surface area (Å²) < 4.78 is 51.8. The first kappa shape index (κ1) is 40.0. The van der Waals surface area contributed by atoms with Crippen molar-refractivity contribution in [3.63, 3.8) is 0 Å². The van der Waals surface area contributed by atoms with Crippen LogP contribution >= 0.6 is 0 Å². The molecule has 11 heteroatoms. The Bertz CT molecular complexity index is 1570. The zero-order chi connectivity index (χ0) is 34.4. The van der Waals surface area contributed by atoms with Gasteiger partial charge in [-0.1, -0.05) is 36.4 Å². The minimum Gasteiger partial charge on any atom is -0.345 e. The third-order valence-electron chi connectivity index (χ3n) is 6.00. The maximum absolute atomic E-state index is 13.3. The molecular formula is C38H32F4N4O2Ti. The van der Waals surface area contributed by atoms with Crippen LogP contribution in [0.1, 0.15) is 24.0 Å². The van der Waals surface area contributed by atoms with E-state index in [1.807, 2.05) is 48.6 Å². The molecule has 0 heterocycles. The molecule has 2 aliphatic rings. The molecule has 6 nitrogen and oxygen atoms in total. The van der Waals surface area contributed by atoms with Gasteiger partial charge in [0.2, 0.25) is 0 Å². The third kappa shape index (κ3) is 17.0. The summed E-state index contributed by atoms with van der Waals surface area (Å²) in [7, 11) is 0. The van der Waals surface area contributed by atoms with Gasteiger partial charge in [-0.3, -0.25) is 12.2 Å². The molecule has 4 amide bonds. The molecule has 4 aromatic rings. The molecule has 2 aliphatic carbocycles. The summed E-state index contributed by atoms with van der Waals surface area (Å²) in [5.41, 5.74) is 1.60. The summed E-state index contributed by atoms with van der Waals surface area (Å²) >= 11 is 0. The van der Waals surface area contributed by atoms with E-state index in [2.05, 4.69) is 45.6 Å². The molecule has 49 heavy (non-hydrogen) atoms. The molecule has 0 saturated carbocycles. The van der Waals surface area contributed by atoms with Crippen LogP contribution in [0.5, 0.6) is 0 Å². The molecule has 0 bridgehead atoms. The molecule has 0 atom stereocenters. The molecule has 0 fully saturated rings. The molecule has 248 valence electrons. The number of benzene rings is 4. The molecule has 0 saturated heterocycles. The van der Waals surface area contributed by atoms with Gasteiger partial charge in [0, 0.05) is 47.7 Å². The van der Waals surface area contributed by atoms with E-state index in [-0.39, 0.29) is 45.9 Å². The second-order valence-corrected chi connectivity index (χ2v) is 9.64. The van der Waals surface area contributed by atoms with Crippen molar-refractivity contribution >= 4 is 23.4 Å². The number of amides is 4. The van der Waals surface area contributed by atoms with Gasteiger partial charge in [0.1, 0.15) is 0 Å². The predicted molar refractivity (Wildman–Crippen MR) is 178 cm³/mol. The Hall–Kier alpha value is -5.19. The molecular weight excluding hydrogens is 668 g/mol. The van der Waals surface area contributed by atoms with Crippen molar-refractivity contribution < 1.29 is 48.9 Å². The van der Waals surface area contributed by atoms with E-state index in [1.54, 1.807) is 48.5 Å². The van der Waals surface area contributed by atoms with Crippen molar-refractivity contribution in [3.8, 4) is 0 Å². The second kappa shape index (κ2) is 23.2. The molecule has 0 spiro atoms. The molecule has 0 aliphatic heterocycles. The van der Waals surface area contributed by atoms with Crippen LogP contribution in [0.4, 0.5) is 38.5 Å². The van der Waals surface area contributed by atoms with Gasteiger partial charge in [-0.15, -0.1) is 48.2 Å². The Balaban J connectivity index is 0.000000260. The minimum absolute atomic E-state index is 0. The van der Waals surface area contributed by atoms with Gasteiger partial charge in [0.05, 0.1) is 0 Å². The first-order valence-corrected chi connectivity index (χ1v) is 14.7. The fourth-order valence-corrected chi connectivity index (χ4v) is 3.65. The minimum atomic E-state index is -0.806. The van der Waals surface area contributed by atoms with Gasteiger partial charge in [-0.25, -0.2) is 51.5 Å². The molecule has 0 unspecified atom stereocenters. The molecule has 4 aromatic carbocycles. The van der Waals surface area contributed by atoms with Gasteiger partial charge in [0.15, 0.2) is 0 Å². The monoisotopic (exact) mass is 700 g/mol. The van der Waals surface area contributed by atoms with Crippen molar-refractivity contribution in [2.24, 2.45) is 0 Å². The van der Waals surface area contributed by atoms with Crippen molar-refractivity contribution in [1.29, 1.82) is 0 Å². The number of allylic oxidation sites excluding steroid dienone is 8. The fraction of sp³-hybridized carbons (Fsp3) is 0.105. The van der Waals surface area contributed by atoms with Gasteiger partial charge in [-0.05, 0) is 24.3 Å². The van der Waals surface area contributed by atoms with Gasteiger partial charge >= 0.3 is 33.8 Å². The number of hydrogen-bond acceptors (Lipinski definition) is 2. The summed E-state index contributed by atoms with van der Waals surface area (Å²) in [6.45, 7) is -0.0808. The van der Waals surface area contributed by atoms with Crippen LogP contribution in [-0.2, 0) is 34.8 Å². The number of halogens is 4. The Kier molecular flexibility index (Phi) is 18.9. The van der Waals surface area contributed by atoms with E-state index < -0.39 is 35.3 Å². The van der Waals surface area contributed by atoms with E-state index in [1.165, 1.54) is 12.1 Å². The second-order valence-electron chi connectivity index (χ2n) is 9.64. The Morgan fingerprint density at radius 3 is 1.24 bits per heavy atom. The van der Waals surface area contributed by atoms with Crippen molar-refractivity contribution in [2.45, 2.75) is 25.9 Å². The van der Waals surface area contributed by atoms with Crippen molar-refractivity contribution in [3.05, 3.63) is 180 Å². The summed E-state index contributed by atoms with van der Waals surface area (Å²) in [5, 5.41) is 10.1. The number of rotatable bonds is 6. The van der Waals surface area contributed by atoms with E-state index >= 15 is 0 Å². The normalized spacial score (nSPS) is 11.3. The standard InChI is InChI=1S/2C14H11F2N2O.2C5H5.Ti/c2*15-11-7-6-10(13(16)8-11)9-17-14(19)18-12-4-2-1-3-5-12;2*1-2-4-5-3-1;/h2*1-7H,9H2,(H2,17,18,19);2*1-3H,4H2;/q4*-1;+4. The zero-order valence-corrected chi connectivity index (χ0v) is 27.8. The van der Waals surface area contributed by atoms with Crippen LogP contribution in [0.15, 0.2) is 121 Å². The Morgan fingerprint density at radius 1 is 0.571 bits per heavy atom. The van der Waals surface area contributed by atoms with Crippen molar-refractivity contribution in [2.75, 3.05) is 10.6 Å². The van der Waals surface area contributed by atoms with Gasteiger partial charge in [0.25, 0.3) is 0 Å². The van der Waals surface area contributed by atoms with Gasteiger partial charge < -0.3 is 21.3 Å². The van der Waals surface area contributed by atoms with Crippen LogP contribution in [0, 0.1) is 47.6 Å². The Labute approximate surface area is 298 Å². The maximum atomic E-state index is 13.3. The van der Waals surface area contributed by atoms with Crippen LogP contribution in [-0.4, -0.2) is 12.1 Å². The SMILES string of the molecule is O=C(NCc1ccc(F)[c-]c1F)Nc1ccccc1.O=C(NCc1ccc(F)[c-]c1F)Nc1ccccc1.[C-]1=CC=CC1.[C-]1=CC=CC1.[Ti+4]. The summed E-state index contributed by atoms with van der Waals surface area (Å²) in [6.07, 6.45) is 20.0. The number of carbonyl (C=O) groups is 2. The van der Waals surface area contributed by atoms with Crippen LogP contribution in [0.25, 0.3) is 0 Å². The molecule has 6 rings (SSSR count). The predicted octanol–water partition coefficient (Wildman–Crippen LogP) is 8.78. The zero-order valence-electron chi connectivity index (χ0n) is 26.2. The third-order valence-corrected chi connectivity index (χ3v) is 6.00. The summed E-state index contributed by atoms with van der Waals surface area (Å²) in [4.78, 5) is 23.1. The number of anilines is 2. The van der Waals surface area contributed by atoms with Crippen LogP contribution in [0.2, 0.25) is 0 Å². The van der Waals surface area contributed by atoms with E-state index in [0.717, 1.165) is 25.0 Å². The van der Waals surface area contributed by atoms with E-state index in [4.69, 9.17) is 0 Å². The molecule has 4 N–H and O–H groups in total. The average Bonchev–Trinajstić information content (AvgIpc) is 3.86.